The number of halogens is 1. The Morgan fingerprint density at radius 1 is 1.35 bits per heavy atom. The second-order valence-corrected chi connectivity index (χ2v) is 5.32. The third-order valence-corrected chi connectivity index (χ3v) is 3.53. The molecule has 2 aromatic rings. The largest absolute Gasteiger partial charge is 0.305 e. The third-order valence-electron chi connectivity index (χ3n) is 2.62. The summed E-state index contributed by atoms with van der Waals surface area (Å²) in [5.41, 5.74) is 1.09. The van der Waals surface area contributed by atoms with Crippen LogP contribution in [0.1, 0.15) is 28.4 Å². The van der Waals surface area contributed by atoms with Gasteiger partial charge in [-0.15, -0.1) is 11.3 Å². The summed E-state index contributed by atoms with van der Waals surface area (Å²) in [6, 6.07) is 6.81. The fourth-order valence-electron chi connectivity index (χ4n) is 1.61. The maximum atomic E-state index is 12.8. The van der Waals surface area contributed by atoms with Crippen LogP contribution in [0.5, 0.6) is 0 Å². The van der Waals surface area contributed by atoms with Gasteiger partial charge >= 0.3 is 0 Å². The average Bonchev–Trinajstić information content (AvgIpc) is 2.73. The van der Waals surface area contributed by atoms with Gasteiger partial charge in [0.1, 0.15) is 5.82 Å². The number of thiazole rings is 1. The van der Waals surface area contributed by atoms with Crippen LogP contribution in [-0.4, -0.2) is 4.98 Å². The molecule has 17 heavy (non-hydrogen) atoms. The molecule has 0 spiro atoms. The SMILES string of the molecule is Cc1ncc(CN[C@@H](C)c2ccc(F)cc2)s1. The van der Waals surface area contributed by atoms with Crippen molar-refractivity contribution in [1.29, 1.82) is 0 Å². The first-order valence-corrected chi connectivity index (χ1v) is 6.37. The smallest absolute Gasteiger partial charge is 0.123 e. The monoisotopic (exact) mass is 250 g/mol. The van der Waals surface area contributed by atoms with Gasteiger partial charge < -0.3 is 5.32 Å². The Morgan fingerprint density at radius 2 is 2.06 bits per heavy atom. The van der Waals surface area contributed by atoms with E-state index >= 15 is 0 Å². The van der Waals surface area contributed by atoms with Crippen molar-refractivity contribution in [2.45, 2.75) is 26.4 Å². The standard InChI is InChI=1S/C13H15FN2S/c1-9(11-3-5-12(14)6-4-11)15-7-13-8-16-10(2)17-13/h3-6,8-9,15H,7H2,1-2H3/t9-/m0/s1. The average molecular weight is 250 g/mol. The summed E-state index contributed by atoms with van der Waals surface area (Å²) in [7, 11) is 0. The minimum absolute atomic E-state index is 0.195. The van der Waals surface area contributed by atoms with Gasteiger partial charge in [-0.1, -0.05) is 12.1 Å². The van der Waals surface area contributed by atoms with Gasteiger partial charge in [0, 0.05) is 23.7 Å². The predicted molar refractivity (Wildman–Crippen MR) is 68.5 cm³/mol. The molecule has 1 atom stereocenters. The molecule has 4 heteroatoms. The lowest BCUT2D eigenvalue weighted by Gasteiger charge is -2.13. The quantitative estimate of drug-likeness (QED) is 0.899. The Bertz CT molecular complexity index is 478. The molecule has 1 heterocycles. The highest BCUT2D eigenvalue weighted by Crippen LogP contribution is 2.16. The lowest BCUT2D eigenvalue weighted by atomic mass is 10.1. The van der Waals surface area contributed by atoms with E-state index in [9.17, 15) is 4.39 Å². The molecule has 2 nitrogen and oxygen atoms in total. The summed E-state index contributed by atoms with van der Waals surface area (Å²) < 4.78 is 12.8. The number of nitrogens with zero attached hydrogens (tertiary/aromatic N) is 1. The zero-order chi connectivity index (χ0) is 12.3. The Hall–Kier alpha value is -1.26. The minimum atomic E-state index is -0.195. The first kappa shape index (κ1) is 12.2. The molecule has 0 unspecified atom stereocenters. The minimum Gasteiger partial charge on any atom is -0.305 e. The van der Waals surface area contributed by atoms with E-state index in [4.69, 9.17) is 0 Å². The summed E-state index contributed by atoms with van der Waals surface area (Å²) in [6.45, 7) is 4.86. The van der Waals surface area contributed by atoms with Gasteiger partial charge in [-0.3, -0.25) is 0 Å². The van der Waals surface area contributed by atoms with Crippen LogP contribution < -0.4 is 5.32 Å². The fourth-order valence-corrected chi connectivity index (χ4v) is 2.36. The fraction of sp³-hybridized carbons (Fsp3) is 0.308. The van der Waals surface area contributed by atoms with Gasteiger partial charge in [0.15, 0.2) is 0 Å². The van der Waals surface area contributed by atoms with Gasteiger partial charge in [-0.2, -0.15) is 0 Å². The molecule has 0 bridgehead atoms. The van der Waals surface area contributed by atoms with Gasteiger partial charge in [0.25, 0.3) is 0 Å². The number of benzene rings is 1. The van der Waals surface area contributed by atoms with Crippen LogP contribution in [0.25, 0.3) is 0 Å². The number of hydrogen-bond donors (Lipinski definition) is 1. The molecule has 0 fully saturated rings. The summed E-state index contributed by atoms with van der Waals surface area (Å²) >= 11 is 1.69. The summed E-state index contributed by atoms with van der Waals surface area (Å²) in [5, 5.41) is 4.48. The van der Waals surface area contributed by atoms with Gasteiger partial charge in [-0.05, 0) is 31.5 Å². The molecule has 0 aliphatic rings. The molecule has 0 aliphatic carbocycles. The van der Waals surface area contributed by atoms with Crippen LogP contribution in [0, 0.1) is 12.7 Å². The van der Waals surface area contributed by atoms with Crippen LogP contribution in [-0.2, 0) is 6.54 Å². The highest BCUT2D eigenvalue weighted by molar-refractivity contribution is 7.11. The van der Waals surface area contributed by atoms with E-state index in [0.29, 0.717) is 0 Å². The molecule has 0 amide bonds. The van der Waals surface area contributed by atoms with Gasteiger partial charge in [0.05, 0.1) is 5.01 Å². The van der Waals surface area contributed by atoms with E-state index in [2.05, 4.69) is 17.2 Å². The molecule has 0 saturated carbocycles. The zero-order valence-corrected chi connectivity index (χ0v) is 10.7. The molecular formula is C13H15FN2S. The number of hydrogen-bond acceptors (Lipinski definition) is 3. The topological polar surface area (TPSA) is 24.9 Å². The van der Waals surface area contributed by atoms with E-state index < -0.39 is 0 Å². The van der Waals surface area contributed by atoms with E-state index in [-0.39, 0.29) is 11.9 Å². The molecule has 0 radical (unpaired) electrons. The Kier molecular flexibility index (Phi) is 3.86. The van der Waals surface area contributed by atoms with Crippen molar-refractivity contribution in [3.8, 4) is 0 Å². The number of aromatic nitrogens is 1. The lowest BCUT2D eigenvalue weighted by molar-refractivity contribution is 0.574. The third kappa shape index (κ3) is 3.35. The maximum Gasteiger partial charge on any atom is 0.123 e. The summed E-state index contributed by atoms with van der Waals surface area (Å²) in [5.74, 6) is -0.195. The van der Waals surface area contributed by atoms with Gasteiger partial charge in [-0.25, -0.2) is 9.37 Å². The highest BCUT2D eigenvalue weighted by atomic mass is 32.1. The summed E-state index contributed by atoms with van der Waals surface area (Å²) in [6.07, 6.45) is 1.89. The zero-order valence-electron chi connectivity index (χ0n) is 9.90. The molecule has 0 saturated heterocycles. The van der Waals surface area contributed by atoms with E-state index in [0.717, 1.165) is 17.1 Å². The predicted octanol–water partition coefficient (Wildman–Crippen LogP) is 3.44. The summed E-state index contributed by atoms with van der Waals surface area (Å²) in [4.78, 5) is 5.43. The first-order valence-electron chi connectivity index (χ1n) is 5.55. The van der Waals surface area contributed by atoms with E-state index in [1.807, 2.05) is 25.3 Å². The van der Waals surface area contributed by atoms with Crippen molar-refractivity contribution in [1.82, 2.24) is 10.3 Å². The second-order valence-electron chi connectivity index (χ2n) is 4.00. The van der Waals surface area contributed by atoms with Crippen molar-refractivity contribution < 1.29 is 4.39 Å². The number of aryl methyl sites for hydroxylation is 1. The second kappa shape index (κ2) is 5.38. The van der Waals surface area contributed by atoms with E-state index in [1.165, 1.54) is 17.0 Å². The van der Waals surface area contributed by atoms with Gasteiger partial charge in [0.2, 0.25) is 0 Å². The van der Waals surface area contributed by atoms with Crippen LogP contribution in [0.3, 0.4) is 0 Å². The molecule has 90 valence electrons. The molecule has 0 aliphatic heterocycles. The van der Waals surface area contributed by atoms with Crippen molar-refractivity contribution in [3.63, 3.8) is 0 Å². The normalized spacial score (nSPS) is 12.6. The Labute approximate surface area is 105 Å². The van der Waals surface area contributed by atoms with Crippen LogP contribution in [0.2, 0.25) is 0 Å². The van der Waals surface area contributed by atoms with Crippen molar-refractivity contribution in [2.75, 3.05) is 0 Å². The molecule has 1 N–H and O–H groups in total. The molecule has 1 aromatic carbocycles. The maximum absolute atomic E-state index is 12.8. The van der Waals surface area contributed by atoms with Crippen LogP contribution >= 0.6 is 11.3 Å². The van der Waals surface area contributed by atoms with E-state index in [1.54, 1.807) is 11.3 Å². The number of nitrogens with one attached hydrogen (secondary N) is 1. The van der Waals surface area contributed by atoms with Crippen molar-refractivity contribution in [2.24, 2.45) is 0 Å². The van der Waals surface area contributed by atoms with Crippen LogP contribution in [0.4, 0.5) is 4.39 Å². The van der Waals surface area contributed by atoms with Crippen molar-refractivity contribution in [3.05, 3.63) is 51.7 Å². The molecular weight excluding hydrogens is 235 g/mol. The Balaban J connectivity index is 1.93. The first-order chi connectivity index (χ1) is 8.15. The molecule has 2 rings (SSSR count). The molecule has 1 aromatic heterocycles. The highest BCUT2D eigenvalue weighted by Gasteiger charge is 2.05. The van der Waals surface area contributed by atoms with Crippen molar-refractivity contribution >= 4 is 11.3 Å². The Morgan fingerprint density at radius 3 is 2.65 bits per heavy atom. The van der Waals surface area contributed by atoms with Crippen LogP contribution in [0.15, 0.2) is 30.5 Å². The number of rotatable bonds is 4. The lowest BCUT2D eigenvalue weighted by Crippen LogP contribution is -2.17.